The Morgan fingerprint density at radius 3 is 2.28 bits per heavy atom. The number of carbonyl (C=O) groups is 3. The summed E-state index contributed by atoms with van der Waals surface area (Å²) in [5.41, 5.74) is 1.18. The molecule has 2 amide bonds. The maximum Gasteiger partial charge on any atom is 0.251 e. The summed E-state index contributed by atoms with van der Waals surface area (Å²) in [4.78, 5) is 40.3. The first kappa shape index (κ1) is 25.9. The second kappa shape index (κ2) is 11.3. The summed E-state index contributed by atoms with van der Waals surface area (Å²) < 4.78 is 31.8. The van der Waals surface area contributed by atoms with Gasteiger partial charge >= 0.3 is 0 Å². The van der Waals surface area contributed by atoms with Crippen LogP contribution in [0.2, 0.25) is 0 Å². The van der Waals surface area contributed by atoms with Crippen molar-refractivity contribution in [3.8, 4) is 0 Å². The lowest BCUT2D eigenvalue weighted by atomic mass is 9.93. The molecule has 192 valence electrons. The van der Waals surface area contributed by atoms with Gasteiger partial charge in [-0.3, -0.25) is 14.4 Å². The lowest BCUT2D eigenvalue weighted by molar-refractivity contribution is -0.137. The van der Waals surface area contributed by atoms with Gasteiger partial charge in [-0.1, -0.05) is 19.1 Å². The van der Waals surface area contributed by atoms with Crippen molar-refractivity contribution < 1.29 is 27.9 Å². The fraction of sp³-hybridized carbons (Fsp3) is 0.464. The highest BCUT2D eigenvalue weighted by atomic mass is 19.1. The van der Waals surface area contributed by atoms with E-state index in [9.17, 15) is 23.2 Å². The van der Waals surface area contributed by atoms with Crippen LogP contribution in [0.5, 0.6) is 0 Å². The average molecular weight is 499 g/mol. The van der Waals surface area contributed by atoms with Gasteiger partial charge in [-0.2, -0.15) is 0 Å². The second-order valence-corrected chi connectivity index (χ2v) is 10.0. The normalized spacial score (nSPS) is 22.1. The molecule has 1 aliphatic carbocycles. The first-order chi connectivity index (χ1) is 17.2. The molecule has 0 aromatic heterocycles. The number of halogens is 2. The van der Waals surface area contributed by atoms with E-state index in [1.165, 1.54) is 36.4 Å². The van der Waals surface area contributed by atoms with Crippen molar-refractivity contribution in [3.05, 3.63) is 71.3 Å². The van der Waals surface area contributed by atoms with Crippen LogP contribution in [0.3, 0.4) is 0 Å². The number of Topliss-reactive ketones (excluding diaryl/α,β-unsaturated/α-hetero) is 1. The van der Waals surface area contributed by atoms with E-state index in [-0.39, 0.29) is 34.4 Å². The minimum atomic E-state index is -0.781. The molecule has 1 heterocycles. The Morgan fingerprint density at radius 2 is 1.64 bits per heavy atom. The fourth-order valence-corrected chi connectivity index (χ4v) is 4.96. The standard InChI is InChI=1S/C28H32F2N2O4/c1-28(18-24(28)19-5-9-21(29)10-6-19)17-23(33)3-2-4-25(27(35)32-13-15-36-16-14-32)31-26(34)20-7-11-22(30)12-8-20/h5-12,24-25H,2-4,13-18H2,1H3,(H,31,34)/t24-,25-,28?/m0/s1. The number of ether oxygens (including phenoxy) is 1. The molecule has 36 heavy (non-hydrogen) atoms. The molecule has 1 N–H and O–H groups in total. The van der Waals surface area contributed by atoms with E-state index in [1.807, 2.05) is 0 Å². The quantitative estimate of drug-likeness (QED) is 0.532. The molecule has 1 saturated heterocycles. The third kappa shape index (κ3) is 6.55. The molecule has 4 rings (SSSR count). The zero-order valence-corrected chi connectivity index (χ0v) is 20.5. The minimum Gasteiger partial charge on any atom is -0.378 e. The van der Waals surface area contributed by atoms with Gasteiger partial charge in [0.1, 0.15) is 23.5 Å². The number of carbonyl (C=O) groups excluding carboxylic acids is 3. The van der Waals surface area contributed by atoms with Crippen molar-refractivity contribution in [2.45, 2.75) is 51.0 Å². The highest BCUT2D eigenvalue weighted by molar-refractivity contribution is 5.97. The Bertz CT molecular complexity index is 1080. The Kier molecular flexibility index (Phi) is 8.14. The summed E-state index contributed by atoms with van der Waals surface area (Å²) in [6, 6.07) is 10.8. The molecular formula is C28H32F2N2O4. The van der Waals surface area contributed by atoms with E-state index >= 15 is 0 Å². The maximum absolute atomic E-state index is 13.2. The molecule has 8 heteroatoms. The predicted molar refractivity (Wildman–Crippen MR) is 130 cm³/mol. The SMILES string of the molecule is CC1(CC(=O)CCC[C@H](NC(=O)c2ccc(F)cc2)C(=O)N2CCOCC2)C[C@H]1c1ccc(F)cc1. The zero-order valence-electron chi connectivity index (χ0n) is 20.5. The van der Waals surface area contributed by atoms with Crippen LogP contribution < -0.4 is 5.32 Å². The number of morpholine rings is 1. The monoisotopic (exact) mass is 498 g/mol. The molecule has 1 aliphatic heterocycles. The molecule has 3 atom stereocenters. The molecule has 0 spiro atoms. The van der Waals surface area contributed by atoms with Crippen molar-refractivity contribution >= 4 is 17.6 Å². The van der Waals surface area contributed by atoms with Crippen LogP contribution in [-0.4, -0.2) is 54.8 Å². The molecule has 6 nitrogen and oxygen atoms in total. The van der Waals surface area contributed by atoms with Gasteiger partial charge in [-0.05, 0) is 72.6 Å². The van der Waals surface area contributed by atoms with Crippen molar-refractivity contribution in [2.75, 3.05) is 26.3 Å². The van der Waals surface area contributed by atoms with E-state index in [2.05, 4.69) is 12.2 Å². The van der Waals surface area contributed by atoms with Crippen molar-refractivity contribution in [2.24, 2.45) is 5.41 Å². The topological polar surface area (TPSA) is 75.7 Å². The van der Waals surface area contributed by atoms with Crippen LogP contribution in [0, 0.1) is 17.0 Å². The summed E-state index contributed by atoms with van der Waals surface area (Å²) in [6.07, 6.45) is 2.41. The molecule has 1 unspecified atom stereocenters. The average Bonchev–Trinajstić information content (AvgIpc) is 3.54. The van der Waals surface area contributed by atoms with Crippen molar-refractivity contribution in [1.29, 1.82) is 0 Å². The Balaban J connectivity index is 1.32. The number of hydrogen-bond donors (Lipinski definition) is 1. The lowest BCUT2D eigenvalue weighted by Crippen LogP contribution is -2.51. The van der Waals surface area contributed by atoms with Crippen molar-refractivity contribution in [3.63, 3.8) is 0 Å². The smallest absolute Gasteiger partial charge is 0.251 e. The van der Waals surface area contributed by atoms with Crippen LogP contribution in [0.25, 0.3) is 0 Å². The first-order valence-corrected chi connectivity index (χ1v) is 12.5. The Morgan fingerprint density at radius 1 is 1.03 bits per heavy atom. The molecule has 2 aromatic rings. The number of amides is 2. The van der Waals surface area contributed by atoms with Gasteiger partial charge in [-0.15, -0.1) is 0 Å². The number of rotatable bonds is 10. The molecule has 2 fully saturated rings. The summed E-state index contributed by atoms with van der Waals surface area (Å²) >= 11 is 0. The van der Waals surface area contributed by atoms with Gasteiger partial charge in [0.15, 0.2) is 0 Å². The number of ketones is 1. The van der Waals surface area contributed by atoms with E-state index in [0.717, 1.165) is 12.0 Å². The maximum atomic E-state index is 13.2. The highest BCUT2D eigenvalue weighted by Gasteiger charge is 2.51. The third-order valence-corrected chi connectivity index (χ3v) is 7.21. The minimum absolute atomic E-state index is 0.115. The van der Waals surface area contributed by atoms with E-state index in [0.29, 0.717) is 52.0 Å². The van der Waals surface area contributed by atoms with Gasteiger partial charge in [0, 0.05) is 31.5 Å². The number of nitrogens with zero attached hydrogens (tertiary/aromatic N) is 1. The lowest BCUT2D eigenvalue weighted by Gasteiger charge is -2.30. The summed E-state index contributed by atoms with van der Waals surface area (Å²) in [6.45, 7) is 3.85. The Labute approximate surface area is 210 Å². The largest absolute Gasteiger partial charge is 0.378 e. The van der Waals surface area contributed by atoms with Crippen LogP contribution >= 0.6 is 0 Å². The molecule has 1 saturated carbocycles. The van der Waals surface area contributed by atoms with Crippen LogP contribution in [0.1, 0.15) is 60.9 Å². The molecule has 2 aliphatic rings. The van der Waals surface area contributed by atoms with Gasteiger partial charge < -0.3 is 15.0 Å². The molecule has 0 radical (unpaired) electrons. The van der Waals surface area contributed by atoms with Crippen LogP contribution in [0.15, 0.2) is 48.5 Å². The van der Waals surface area contributed by atoms with E-state index in [1.54, 1.807) is 17.0 Å². The van der Waals surface area contributed by atoms with Gasteiger partial charge in [-0.25, -0.2) is 8.78 Å². The summed E-state index contributed by atoms with van der Waals surface area (Å²) in [5, 5.41) is 2.78. The second-order valence-electron chi connectivity index (χ2n) is 10.0. The van der Waals surface area contributed by atoms with E-state index < -0.39 is 17.8 Å². The molecular weight excluding hydrogens is 466 g/mol. The number of benzene rings is 2. The highest BCUT2D eigenvalue weighted by Crippen LogP contribution is 2.61. The molecule has 0 bridgehead atoms. The van der Waals surface area contributed by atoms with Crippen molar-refractivity contribution in [1.82, 2.24) is 10.2 Å². The first-order valence-electron chi connectivity index (χ1n) is 12.5. The Hall–Kier alpha value is -3.13. The van der Waals surface area contributed by atoms with Gasteiger partial charge in [0.2, 0.25) is 5.91 Å². The van der Waals surface area contributed by atoms with Crippen LogP contribution in [0.4, 0.5) is 8.78 Å². The zero-order chi connectivity index (χ0) is 25.7. The number of nitrogens with one attached hydrogen (secondary N) is 1. The van der Waals surface area contributed by atoms with Gasteiger partial charge in [0.05, 0.1) is 13.2 Å². The fourth-order valence-electron chi connectivity index (χ4n) is 4.96. The van der Waals surface area contributed by atoms with Crippen LogP contribution in [-0.2, 0) is 14.3 Å². The van der Waals surface area contributed by atoms with Gasteiger partial charge in [0.25, 0.3) is 5.91 Å². The third-order valence-electron chi connectivity index (χ3n) is 7.21. The molecule has 2 aromatic carbocycles. The number of hydrogen-bond acceptors (Lipinski definition) is 4. The summed E-state index contributed by atoms with van der Waals surface area (Å²) in [5.74, 6) is -1.02. The predicted octanol–water partition coefficient (Wildman–Crippen LogP) is 4.25. The van der Waals surface area contributed by atoms with E-state index in [4.69, 9.17) is 4.74 Å². The summed E-state index contributed by atoms with van der Waals surface area (Å²) in [7, 11) is 0.